The number of carbonyl (C=O) groups is 3. The zero-order valence-corrected chi connectivity index (χ0v) is 23.4. The number of hydrogen-bond donors (Lipinski definition) is 1. The smallest absolute Gasteiger partial charge is 0.338 e. The molecule has 10 nitrogen and oxygen atoms in total. The SMILES string of the molecule is Cc1cc(C(=O)O)ccc1-c1ccc(N2C(=O)N(c3cccnn3)C3(CCN(Cc4ncccc4C)CC3)C2=O)cc1. The van der Waals surface area contributed by atoms with Gasteiger partial charge >= 0.3 is 12.0 Å². The number of carbonyl (C=O) groups excluding carboxylic acids is 2. The molecule has 2 fully saturated rings. The van der Waals surface area contributed by atoms with E-state index in [0.717, 1.165) is 27.9 Å². The summed E-state index contributed by atoms with van der Waals surface area (Å²) in [5.74, 6) is -0.912. The van der Waals surface area contributed by atoms with E-state index >= 15 is 0 Å². The highest BCUT2D eigenvalue weighted by molar-refractivity contribution is 6.30. The standard InChI is InChI=1S/C32H30N6O4/c1-21-5-3-15-33-27(21)20-36-17-13-32(14-18-36)30(41)37(31(42)38(32)28-6-4-16-34-35-28)25-10-7-23(8-11-25)26-12-9-24(29(39)40)19-22(26)2/h3-12,15-16,19H,13-14,17-18,20H2,1-2H3,(H,39,40). The summed E-state index contributed by atoms with van der Waals surface area (Å²) in [5, 5.41) is 17.5. The molecule has 2 aliphatic heterocycles. The molecule has 4 aromatic rings. The summed E-state index contributed by atoms with van der Waals surface area (Å²) in [5.41, 5.74) is 4.27. The van der Waals surface area contributed by atoms with Crippen LogP contribution in [0.1, 0.15) is 40.0 Å². The van der Waals surface area contributed by atoms with E-state index in [-0.39, 0.29) is 11.5 Å². The summed E-state index contributed by atoms with van der Waals surface area (Å²) in [6, 6.07) is 19.1. The maximum absolute atomic E-state index is 14.2. The number of carboxylic acid groups (broad SMARTS) is 1. The van der Waals surface area contributed by atoms with Crippen molar-refractivity contribution in [2.75, 3.05) is 22.9 Å². The minimum absolute atomic E-state index is 0.219. The molecule has 0 saturated carbocycles. The number of nitrogens with zero attached hydrogens (tertiary/aromatic N) is 6. The Morgan fingerprint density at radius 3 is 2.31 bits per heavy atom. The quantitative estimate of drug-likeness (QED) is 0.331. The van der Waals surface area contributed by atoms with Crippen molar-refractivity contribution in [2.45, 2.75) is 38.8 Å². The minimum Gasteiger partial charge on any atom is -0.478 e. The number of imide groups is 1. The van der Waals surface area contributed by atoms with Crippen LogP contribution in [-0.4, -0.2) is 61.7 Å². The third kappa shape index (κ3) is 4.69. The fourth-order valence-corrected chi connectivity index (χ4v) is 5.96. The zero-order chi connectivity index (χ0) is 29.4. The van der Waals surface area contributed by atoms with Gasteiger partial charge < -0.3 is 5.11 Å². The summed E-state index contributed by atoms with van der Waals surface area (Å²) in [6.07, 6.45) is 4.23. The van der Waals surface area contributed by atoms with Crippen molar-refractivity contribution in [3.8, 4) is 11.1 Å². The fraction of sp³-hybridized carbons (Fsp3) is 0.250. The molecule has 6 rings (SSSR count). The van der Waals surface area contributed by atoms with Crippen molar-refractivity contribution in [1.82, 2.24) is 20.1 Å². The molecule has 10 heteroatoms. The Labute approximate surface area is 243 Å². The maximum atomic E-state index is 14.2. The molecule has 0 bridgehead atoms. The molecule has 0 atom stereocenters. The number of amides is 3. The van der Waals surface area contributed by atoms with E-state index in [1.165, 1.54) is 16.0 Å². The second-order valence-corrected chi connectivity index (χ2v) is 10.8. The summed E-state index contributed by atoms with van der Waals surface area (Å²) >= 11 is 0. The highest BCUT2D eigenvalue weighted by atomic mass is 16.4. The van der Waals surface area contributed by atoms with Gasteiger partial charge in [0.1, 0.15) is 5.54 Å². The van der Waals surface area contributed by atoms with E-state index < -0.39 is 17.5 Å². The Morgan fingerprint density at radius 2 is 1.67 bits per heavy atom. The lowest BCUT2D eigenvalue weighted by atomic mass is 9.85. The van der Waals surface area contributed by atoms with Gasteiger partial charge in [0.25, 0.3) is 5.91 Å². The number of hydrogen-bond acceptors (Lipinski definition) is 7. The highest BCUT2D eigenvalue weighted by Gasteiger charge is 2.59. The van der Waals surface area contributed by atoms with Crippen LogP contribution in [0.2, 0.25) is 0 Å². The van der Waals surface area contributed by atoms with Crippen molar-refractivity contribution in [3.05, 3.63) is 102 Å². The molecule has 4 heterocycles. The lowest BCUT2D eigenvalue weighted by Crippen LogP contribution is -2.57. The normalized spacial score (nSPS) is 16.8. The molecule has 0 unspecified atom stereocenters. The number of anilines is 2. The van der Waals surface area contributed by atoms with Gasteiger partial charge in [-0.15, -0.1) is 5.10 Å². The highest BCUT2D eigenvalue weighted by Crippen LogP contribution is 2.42. The molecule has 0 radical (unpaired) electrons. The van der Waals surface area contributed by atoms with Crippen molar-refractivity contribution in [2.24, 2.45) is 0 Å². The van der Waals surface area contributed by atoms with Gasteiger partial charge in [0.2, 0.25) is 0 Å². The molecule has 1 N–H and O–H groups in total. The number of benzene rings is 2. The molecule has 3 amide bonds. The van der Waals surface area contributed by atoms with Gasteiger partial charge in [-0.1, -0.05) is 24.3 Å². The molecule has 2 aromatic heterocycles. The lowest BCUT2D eigenvalue weighted by molar-refractivity contribution is -0.123. The second kappa shape index (κ2) is 10.8. The van der Waals surface area contributed by atoms with Crippen LogP contribution in [-0.2, 0) is 11.3 Å². The van der Waals surface area contributed by atoms with Crippen molar-refractivity contribution in [1.29, 1.82) is 0 Å². The molecule has 2 aliphatic rings. The van der Waals surface area contributed by atoms with Crippen molar-refractivity contribution < 1.29 is 19.5 Å². The first-order chi connectivity index (χ1) is 20.3. The number of carboxylic acids is 1. The van der Waals surface area contributed by atoms with Crippen LogP contribution in [0.15, 0.2) is 79.1 Å². The number of aromatic carboxylic acids is 1. The Morgan fingerprint density at radius 1 is 0.929 bits per heavy atom. The van der Waals surface area contributed by atoms with Gasteiger partial charge in [0, 0.05) is 32.0 Å². The van der Waals surface area contributed by atoms with Gasteiger partial charge in [-0.25, -0.2) is 14.5 Å². The van der Waals surface area contributed by atoms with E-state index in [1.54, 1.807) is 48.7 Å². The summed E-state index contributed by atoms with van der Waals surface area (Å²) in [6.45, 7) is 5.80. The minimum atomic E-state index is -1.08. The molecule has 1 spiro atoms. The number of urea groups is 1. The van der Waals surface area contributed by atoms with E-state index in [0.29, 0.717) is 44.0 Å². The average Bonchev–Trinajstić information content (AvgIpc) is 3.21. The van der Waals surface area contributed by atoms with E-state index in [4.69, 9.17) is 0 Å². The topological polar surface area (TPSA) is 120 Å². The molecule has 42 heavy (non-hydrogen) atoms. The molecule has 2 aromatic carbocycles. The number of likely N-dealkylation sites (tertiary alicyclic amines) is 1. The van der Waals surface area contributed by atoms with Crippen LogP contribution in [0.4, 0.5) is 16.3 Å². The monoisotopic (exact) mass is 562 g/mol. The zero-order valence-electron chi connectivity index (χ0n) is 23.4. The van der Waals surface area contributed by atoms with Gasteiger partial charge in [-0.3, -0.25) is 19.6 Å². The molecule has 212 valence electrons. The Kier molecular flexibility index (Phi) is 6.99. The van der Waals surface area contributed by atoms with Gasteiger partial charge in [0.15, 0.2) is 5.82 Å². The van der Waals surface area contributed by atoms with E-state index in [1.807, 2.05) is 38.1 Å². The number of pyridine rings is 1. The Bertz CT molecular complexity index is 1670. The van der Waals surface area contributed by atoms with E-state index in [9.17, 15) is 19.5 Å². The Hall–Kier alpha value is -4.96. The first-order valence-electron chi connectivity index (χ1n) is 13.8. The predicted octanol–water partition coefficient (Wildman–Crippen LogP) is 4.86. The fourth-order valence-electron chi connectivity index (χ4n) is 5.96. The van der Waals surface area contributed by atoms with Crippen molar-refractivity contribution >= 4 is 29.4 Å². The van der Waals surface area contributed by atoms with Crippen molar-refractivity contribution in [3.63, 3.8) is 0 Å². The van der Waals surface area contributed by atoms with Gasteiger partial charge in [-0.2, -0.15) is 5.10 Å². The number of aromatic nitrogens is 3. The third-order valence-corrected chi connectivity index (χ3v) is 8.28. The second-order valence-electron chi connectivity index (χ2n) is 10.8. The lowest BCUT2D eigenvalue weighted by Gasteiger charge is -2.41. The number of piperidine rings is 1. The summed E-state index contributed by atoms with van der Waals surface area (Å²) < 4.78 is 0. The predicted molar refractivity (Wildman–Crippen MR) is 157 cm³/mol. The molecule has 0 aliphatic carbocycles. The van der Waals surface area contributed by atoms with Crippen LogP contribution in [0.5, 0.6) is 0 Å². The summed E-state index contributed by atoms with van der Waals surface area (Å²) in [7, 11) is 0. The van der Waals surface area contributed by atoms with Crippen LogP contribution < -0.4 is 9.80 Å². The first-order valence-corrected chi connectivity index (χ1v) is 13.8. The van der Waals surface area contributed by atoms with Crippen LogP contribution >= 0.6 is 0 Å². The van der Waals surface area contributed by atoms with Crippen LogP contribution in [0.3, 0.4) is 0 Å². The van der Waals surface area contributed by atoms with E-state index in [2.05, 4.69) is 20.1 Å². The summed E-state index contributed by atoms with van der Waals surface area (Å²) in [4.78, 5) is 49.1. The first kappa shape index (κ1) is 27.2. The van der Waals surface area contributed by atoms with Gasteiger partial charge in [-0.05, 0) is 91.4 Å². The Balaban J connectivity index is 1.29. The molecule has 2 saturated heterocycles. The third-order valence-electron chi connectivity index (χ3n) is 8.28. The number of aryl methyl sites for hydroxylation is 2. The van der Waals surface area contributed by atoms with Crippen LogP contribution in [0, 0.1) is 13.8 Å². The average molecular weight is 563 g/mol. The largest absolute Gasteiger partial charge is 0.478 e. The van der Waals surface area contributed by atoms with Gasteiger partial charge in [0.05, 0.1) is 16.9 Å². The maximum Gasteiger partial charge on any atom is 0.338 e. The molecular weight excluding hydrogens is 532 g/mol. The number of rotatable bonds is 6. The van der Waals surface area contributed by atoms with Crippen LogP contribution in [0.25, 0.3) is 11.1 Å². The molecular formula is C32H30N6O4.